The average Bonchev–Trinajstić information content (AvgIpc) is 3.10. The third kappa shape index (κ3) is 9.24. The Bertz CT molecular complexity index is 1610. The number of halogens is 5. The van der Waals surface area contributed by atoms with Crippen molar-refractivity contribution in [1.29, 1.82) is 5.26 Å². The first-order valence-corrected chi connectivity index (χ1v) is 16.7. The van der Waals surface area contributed by atoms with Crippen molar-refractivity contribution in [1.82, 2.24) is 15.1 Å². The number of hydrogen-bond donors (Lipinski definition) is 2. The van der Waals surface area contributed by atoms with Crippen LogP contribution in [0.1, 0.15) is 75.0 Å². The highest BCUT2D eigenvalue weighted by molar-refractivity contribution is 5.97. The number of hydrogen-bond acceptors (Lipinski definition) is 6. The van der Waals surface area contributed by atoms with Crippen LogP contribution in [-0.4, -0.2) is 78.5 Å². The predicted molar refractivity (Wildman–Crippen MR) is 175 cm³/mol. The number of nitrogens with one attached hydrogen (secondary N) is 2. The van der Waals surface area contributed by atoms with Gasteiger partial charge in [0.1, 0.15) is 11.9 Å². The molecular weight excluding hydrogens is 661 g/mol. The predicted octanol–water partition coefficient (Wildman–Crippen LogP) is 5.60. The van der Waals surface area contributed by atoms with Crippen molar-refractivity contribution in [2.24, 2.45) is 11.8 Å². The molecule has 1 saturated heterocycles. The molecule has 2 aromatic carbocycles. The number of nitrogens with zero attached hydrogens (tertiary/aromatic N) is 3. The molecule has 0 spiro atoms. The van der Waals surface area contributed by atoms with E-state index in [2.05, 4.69) is 15.5 Å². The van der Waals surface area contributed by atoms with Crippen molar-refractivity contribution in [3.05, 3.63) is 65.0 Å². The Morgan fingerprint density at radius 3 is 2.30 bits per heavy atom. The second-order valence-corrected chi connectivity index (χ2v) is 13.2. The van der Waals surface area contributed by atoms with Crippen molar-refractivity contribution in [3.63, 3.8) is 0 Å². The van der Waals surface area contributed by atoms with Crippen LogP contribution in [0.25, 0.3) is 0 Å². The smallest absolute Gasteiger partial charge is 0.330 e. The number of rotatable bonds is 12. The molecule has 2 N–H and O–H groups in total. The summed E-state index contributed by atoms with van der Waals surface area (Å²) in [4.78, 5) is 56.2. The summed E-state index contributed by atoms with van der Waals surface area (Å²) >= 11 is 0. The molecule has 4 rings (SSSR count). The third-order valence-corrected chi connectivity index (χ3v) is 9.77. The minimum Gasteiger partial charge on any atom is -0.344 e. The largest absolute Gasteiger partial charge is 0.344 e. The highest BCUT2D eigenvalue weighted by Crippen LogP contribution is 2.42. The summed E-state index contributed by atoms with van der Waals surface area (Å²) < 4.78 is 74.2. The summed E-state index contributed by atoms with van der Waals surface area (Å²) in [6.07, 6.45) is -2.49. The SMILES string of the molecule is CCC(=O)N[C@@H](C(=O)N1CCN(C)CC1)[C@@H](C)c1ccc(NC(=O)[C@@H](CC(=O)C(F)(F)c2cccc(C#N)c2)C2CCC(F)(F)CC2)c(F)c1. The minimum atomic E-state index is -4.08. The lowest BCUT2D eigenvalue weighted by Crippen LogP contribution is -2.55. The second-order valence-electron chi connectivity index (χ2n) is 13.2. The van der Waals surface area contributed by atoms with Crippen LogP contribution < -0.4 is 10.6 Å². The van der Waals surface area contributed by atoms with Gasteiger partial charge in [0.2, 0.25) is 29.4 Å². The number of Topliss-reactive ketones (excluding diaryl/α,β-unsaturated/α-hetero) is 1. The zero-order chi connectivity index (χ0) is 36.8. The quantitative estimate of drug-likeness (QED) is 0.278. The van der Waals surface area contributed by atoms with E-state index in [0.29, 0.717) is 31.7 Å². The topological polar surface area (TPSA) is 123 Å². The molecule has 3 atom stereocenters. The lowest BCUT2D eigenvalue weighted by molar-refractivity contribution is -0.148. The maximum Gasteiger partial charge on any atom is 0.330 e. The molecule has 0 bridgehead atoms. The van der Waals surface area contributed by atoms with E-state index in [4.69, 9.17) is 5.26 Å². The highest BCUT2D eigenvalue weighted by Gasteiger charge is 2.46. The molecular formula is C36H42F5N5O4. The van der Waals surface area contributed by atoms with Crippen LogP contribution >= 0.6 is 0 Å². The van der Waals surface area contributed by atoms with E-state index >= 15 is 13.2 Å². The molecule has 14 heteroatoms. The van der Waals surface area contributed by atoms with Crippen LogP contribution in [0.3, 0.4) is 0 Å². The van der Waals surface area contributed by atoms with Gasteiger partial charge in [-0.3, -0.25) is 19.2 Å². The maximum absolute atomic E-state index is 15.6. The van der Waals surface area contributed by atoms with Gasteiger partial charge in [0.05, 0.1) is 17.3 Å². The maximum atomic E-state index is 15.6. The van der Waals surface area contributed by atoms with Gasteiger partial charge in [-0.1, -0.05) is 32.0 Å². The molecule has 1 aliphatic carbocycles. The Morgan fingerprint density at radius 1 is 1.04 bits per heavy atom. The van der Waals surface area contributed by atoms with Crippen molar-refractivity contribution < 1.29 is 41.1 Å². The second kappa shape index (κ2) is 16.1. The lowest BCUT2D eigenvalue weighted by atomic mass is 9.75. The van der Waals surface area contributed by atoms with Crippen LogP contribution in [0.4, 0.5) is 27.6 Å². The molecule has 2 aromatic rings. The van der Waals surface area contributed by atoms with Gasteiger partial charge in [0.25, 0.3) is 0 Å². The van der Waals surface area contributed by atoms with Crippen molar-refractivity contribution >= 4 is 29.2 Å². The Labute approximate surface area is 288 Å². The molecule has 1 aliphatic heterocycles. The first-order valence-electron chi connectivity index (χ1n) is 16.7. The molecule has 1 saturated carbocycles. The summed E-state index contributed by atoms with van der Waals surface area (Å²) in [6, 6.07) is 8.84. The molecule has 0 aromatic heterocycles. The van der Waals surface area contributed by atoms with Crippen LogP contribution in [-0.2, 0) is 25.1 Å². The van der Waals surface area contributed by atoms with E-state index in [0.717, 1.165) is 18.2 Å². The number of anilines is 1. The number of alkyl halides is 4. The van der Waals surface area contributed by atoms with Crippen LogP contribution in [0, 0.1) is 29.0 Å². The zero-order valence-corrected chi connectivity index (χ0v) is 28.3. The first-order chi connectivity index (χ1) is 23.6. The van der Waals surface area contributed by atoms with E-state index in [1.807, 2.05) is 7.05 Å². The molecule has 3 amide bonds. The van der Waals surface area contributed by atoms with Crippen molar-refractivity contribution in [2.45, 2.75) is 76.2 Å². The summed E-state index contributed by atoms with van der Waals surface area (Å²) in [5.74, 6) is -14.3. The highest BCUT2D eigenvalue weighted by atomic mass is 19.3. The summed E-state index contributed by atoms with van der Waals surface area (Å²) in [6.45, 7) is 5.52. The van der Waals surface area contributed by atoms with Crippen molar-refractivity contribution in [2.75, 3.05) is 38.5 Å². The number of carbonyl (C=O) groups excluding carboxylic acids is 4. The first kappa shape index (κ1) is 38.4. The molecule has 2 aliphatic rings. The minimum absolute atomic E-state index is 0.102. The number of benzene rings is 2. The van der Waals surface area contributed by atoms with Gasteiger partial charge < -0.3 is 20.4 Å². The molecule has 0 unspecified atom stereocenters. The number of carbonyl (C=O) groups is 4. The van der Waals surface area contributed by atoms with Gasteiger partial charge in [-0.25, -0.2) is 13.2 Å². The Balaban J connectivity index is 1.55. The van der Waals surface area contributed by atoms with E-state index in [9.17, 15) is 28.0 Å². The van der Waals surface area contributed by atoms with Crippen LogP contribution in [0.2, 0.25) is 0 Å². The van der Waals surface area contributed by atoms with Gasteiger partial charge in [-0.15, -0.1) is 0 Å². The van der Waals surface area contributed by atoms with Crippen LogP contribution in [0.5, 0.6) is 0 Å². The number of ketones is 1. The van der Waals surface area contributed by atoms with E-state index in [-0.39, 0.29) is 42.3 Å². The molecule has 1 heterocycles. The van der Waals surface area contributed by atoms with Gasteiger partial charge >= 0.3 is 5.92 Å². The summed E-state index contributed by atoms with van der Waals surface area (Å²) in [5, 5.41) is 14.2. The fourth-order valence-corrected chi connectivity index (χ4v) is 6.44. The monoisotopic (exact) mass is 703 g/mol. The van der Waals surface area contributed by atoms with E-state index < -0.39 is 78.0 Å². The Kier molecular flexibility index (Phi) is 12.4. The molecule has 2 fully saturated rings. The Morgan fingerprint density at radius 2 is 1.70 bits per heavy atom. The van der Waals surface area contributed by atoms with Crippen LogP contribution in [0.15, 0.2) is 42.5 Å². The van der Waals surface area contributed by atoms with Gasteiger partial charge in [-0.05, 0) is 55.6 Å². The zero-order valence-electron chi connectivity index (χ0n) is 28.3. The van der Waals surface area contributed by atoms with Gasteiger partial charge in [-0.2, -0.15) is 14.0 Å². The lowest BCUT2D eigenvalue weighted by Gasteiger charge is -2.36. The molecule has 0 radical (unpaired) electrons. The normalized spacial score (nSPS) is 18.7. The number of likely N-dealkylation sites (N-methyl/N-ethyl adjacent to an activating group) is 1. The summed E-state index contributed by atoms with van der Waals surface area (Å²) in [7, 11) is 1.93. The number of amides is 3. The third-order valence-electron chi connectivity index (χ3n) is 9.77. The Hall–Kier alpha value is -4.38. The van der Waals surface area contributed by atoms with Crippen molar-refractivity contribution in [3.8, 4) is 6.07 Å². The average molecular weight is 704 g/mol. The fraction of sp³-hybridized carbons (Fsp3) is 0.528. The summed E-state index contributed by atoms with van der Waals surface area (Å²) in [5.41, 5.74) is -0.844. The molecule has 9 nitrogen and oxygen atoms in total. The molecule has 50 heavy (non-hydrogen) atoms. The number of nitriles is 1. The van der Waals surface area contributed by atoms with Gasteiger partial charge in [0.15, 0.2) is 0 Å². The standard InChI is InChI=1S/C36H42F5N5O4/c1-4-31(48)44-32(34(50)46-16-14-45(3)15-17-46)22(2)25-8-9-29(28(37)19-25)43-33(49)27(24-10-12-35(38,39)13-11-24)20-30(47)36(40,41)26-7-5-6-23(18-26)21-42/h5-9,18-19,22,24,27,32H,4,10-17,20H2,1-3H3,(H,43,49)(H,44,48)/t22-,27-,32+/m0/s1. The van der Waals surface area contributed by atoms with E-state index in [1.165, 1.54) is 24.3 Å². The number of piperazine rings is 1. The van der Waals surface area contributed by atoms with E-state index in [1.54, 1.807) is 24.8 Å². The molecule has 270 valence electrons. The fourth-order valence-electron chi connectivity index (χ4n) is 6.44. The van der Waals surface area contributed by atoms with Gasteiger partial charge in [0, 0.05) is 69.3 Å².